The fraction of sp³-hybridized carbons (Fsp3) is 0.667. The molecular formula is C12H21NO3. The molecule has 0 aliphatic heterocycles. The van der Waals surface area contributed by atoms with E-state index in [0.29, 0.717) is 19.8 Å². The molecule has 0 saturated heterocycles. The second kappa shape index (κ2) is 8.33. The van der Waals surface area contributed by atoms with Gasteiger partial charge in [-0.15, -0.1) is 0 Å². The molecule has 4 nitrogen and oxygen atoms in total. The van der Waals surface area contributed by atoms with E-state index in [9.17, 15) is 0 Å². The second-order valence-electron chi connectivity index (χ2n) is 3.37. The molecule has 4 heteroatoms. The Balaban J connectivity index is 2.08. The zero-order valence-electron chi connectivity index (χ0n) is 10.1. The number of nitrogens with one attached hydrogen (secondary N) is 1. The highest BCUT2D eigenvalue weighted by atomic mass is 16.7. The number of hydrogen-bond donors (Lipinski definition) is 1. The van der Waals surface area contributed by atoms with Gasteiger partial charge in [0.25, 0.3) is 0 Å². The Morgan fingerprint density at radius 2 is 2.06 bits per heavy atom. The van der Waals surface area contributed by atoms with E-state index in [1.54, 1.807) is 6.26 Å². The predicted octanol–water partition coefficient (Wildman–Crippen LogP) is 1.81. The summed E-state index contributed by atoms with van der Waals surface area (Å²) in [6.07, 6.45) is 2.43. The van der Waals surface area contributed by atoms with Crippen LogP contribution in [0.3, 0.4) is 0 Å². The van der Waals surface area contributed by atoms with E-state index < -0.39 is 0 Å². The first-order valence-corrected chi connectivity index (χ1v) is 5.83. The van der Waals surface area contributed by atoms with Gasteiger partial charge in [-0.1, -0.05) is 0 Å². The van der Waals surface area contributed by atoms with Crippen molar-refractivity contribution in [3.05, 3.63) is 24.2 Å². The van der Waals surface area contributed by atoms with Crippen LogP contribution in [-0.4, -0.2) is 32.6 Å². The maximum atomic E-state index is 5.41. The molecule has 0 atom stereocenters. The Bertz CT molecular complexity index is 243. The average molecular weight is 227 g/mol. The Kier molecular flexibility index (Phi) is 6.88. The van der Waals surface area contributed by atoms with Crippen LogP contribution < -0.4 is 5.32 Å². The summed E-state index contributed by atoms with van der Waals surface area (Å²) in [5.41, 5.74) is 0. The van der Waals surface area contributed by atoms with Crippen molar-refractivity contribution in [1.29, 1.82) is 0 Å². The van der Waals surface area contributed by atoms with Crippen molar-refractivity contribution in [2.24, 2.45) is 0 Å². The summed E-state index contributed by atoms with van der Waals surface area (Å²) in [4.78, 5) is 0. The normalized spacial score (nSPS) is 11.2. The number of furan rings is 1. The number of rotatable bonds is 9. The first-order valence-electron chi connectivity index (χ1n) is 5.83. The third-order valence-electron chi connectivity index (χ3n) is 2.14. The van der Waals surface area contributed by atoms with Gasteiger partial charge in [0.2, 0.25) is 0 Å². The van der Waals surface area contributed by atoms with Crippen LogP contribution in [0, 0.1) is 0 Å². The maximum absolute atomic E-state index is 5.41. The molecule has 0 amide bonds. The van der Waals surface area contributed by atoms with E-state index in [-0.39, 0.29) is 6.29 Å². The van der Waals surface area contributed by atoms with Crippen molar-refractivity contribution in [3.8, 4) is 0 Å². The molecule has 1 N–H and O–H groups in total. The molecule has 0 fully saturated rings. The lowest BCUT2D eigenvalue weighted by Crippen LogP contribution is -2.32. The molecule has 0 aromatic carbocycles. The first kappa shape index (κ1) is 13.2. The molecule has 0 aliphatic carbocycles. The Labute approximate surface area is 96.9 Å². The summed E-state index contributed by atoms with van der Waals surface area (Å²) in [6.45, 7) is 6.85. The molecule has 0 unspecified atom stereocenters. The van der Waals surface area contributed by atoms with Crippen molar-refractivity contribution >= 4 is 0 Å². The Morgan fingerprint density at radius 3 is 2.62 bits per heavy atom. The smallest absolute Gasteiger partial charge is 0.169 e. The molecule has 1 rings (SSSR count). The van der Waals surface area contributed by atoms with Crippen molar-refractivity contribution in [3.63, 3.8) is 0 Å². The molecule has 0 bridgehead atoms. The largest absolute Gasteiger partial charge is 0.469 e. The van der Waals surface area contributed by atoms with E-state index in [1.807, 2.05) is 26.0 Å². The van der Waals surface area contributed by atoms with E-state index in [1.165, 1.54) is 0 Å². The highest BCUT2D eigenvalue weighted by molar-refractivity contribution is 4.98. The SMILES string of the molecule is CCOC(CNCCc1ccco1)OCC. The van der Waals surface area contributed by atoms with Gasteiger partial charge in [0.15, 0.2) is 6.29 Å². The van der Waals surface area contributed by atoms with Gasteiger partial charge in [0, 0.05) is 32.7 Å². The van der Waals surface area contributed by atoms with E-state index in [4.69, 9.17) is 13.9 Å². The van der Waals surface area contributed by atoms with Crippen molar-refractivity contribution in [2.75, 3.05) is 26.3 Å². The molecule has 0 spiro atoms. The van der Waals surface area contributed by atoms with Gasteiger partial charge >= 0.3 is 0 Å². The quantitative estimate of drug-likeness (QED) is 0.516. The summed E-state index contributed by atoms with van der Waals surface area (Å²) >= 11 is 0. The summed E-state index contributed by atoms with van der Waals surface area (Å²) in [7, 11) is 0. The fourth-order valence-corrected chi connectivity index (χ4v) is 1.42. The average Bonchev–Trinajstić information content (AvgIpc) is 2.78. The topological polar surface area (TPSA) is 43.6 Å². The molecule has 1 heterocycles. The highest BCUT2D eigenvalue weighted by Crippen LogP contribution is 1.99. The molecule has 0 saturated carbocycles. The number of ether oxygens (including phenoxy) is 2. The van der Waals surface area contributed by atoms with Crippen molar-refractivity contribution in [2.45, 2.75) is 26.6 Å². The minimum Gasteiger partial charge on any atom is -0.469 e. The van der Waals surface area contributed by atoms with E-state index >= 15 is 0 Å². The molecule has 0 aliphatic rings. The van der Waals surface area contributed by atoms with Gasteiger partial charge in [-0.3, -0.25) is 0 Å². The Hall–Kier alpha value is -0.840. The highest BCUT2D eigenvalue weighted by Gasteiger charge is 2.06. The third kappa shape index (κ3) is 5.30. The van der Waals surface area contributed by atoms with Gasteiger partial charge in [0.1, 0.15) is 5.76 Å². The predicted molar refractivity (Wildman–Crippen MR) is 62.3 cm³/mol. The lowest BCUT2D eigenvalue weighted by Gasteiger charge is -2.17. The summed E-state index contributed by atoms with van der Waals surface area (Å²) in [6, 6.07) is 3.88. The van der Waals surface area contributed by atoms with Crippen LogP contribution >= 0.6 is 0 Å². The molecule has 1 aromatic heterocycles. The summed E-state index contributed by atoms with van der Waals surface area (Å²) in [5, 5.41) is 3.28. The zero-order valence-corrected chi connectivity index (χ0v) is 10.1. The summed E-state index contributed by atoms with van der Waals surface area (Å²) < 4.78 is 16.1. The molecular weight excluding hydrogens is 206 g/mol. The van der Waals surface area contributed by atoms with Crippen LogP contribution in [0.5, 0.6) is 0 Å². The standard InChI is InChI=1S/C12H21NO3/c1-3-14-12(15-4-2)10-13-8-7-11-6-5-9-16-11/h5-6,9,12-13H,3-4,7-8,10H2,1-2H3. The number of hydrogen-bond acceptors (Lipinski definition) is 4. The van der Waals surface area contributed by atoms with Gasteiger partial charge in [-0.2, -0.15) is 0 Å². The van der Waals surface area contributed by atoms with Crippen LogP contribution in [0.2, 0.25) is 0 Å². The monoisotopic (exact) mass is 227 g/mol. The minimum absolute atomic E-state index is 0.147. The minimum atomic E-state index is -0.147. The molecule has 16 heavy (non-hydrogen) atoms. The van der Waals surface area contributed by atoms with Gasteiger partial charge < -0.3 is 19.2 Å². The third-order valence-corrected chi connectivity index (χ3v) is 2.14. The van der Waals surface area contributed by atoms with Crippen LogP contribution in [-0.2, 0) is 15.9 Å². The zero-order chi connectivity index (χ0) is 11.6. The van der Waals surface area contributed by atoms with E-state index in [0.717, 1.165) is 18.7 Å². The maximum Gasteiger partial charge on any atom is 0.169 e. The van der Waals surface area contributed by atoms with Gasteiger partial charge in [-0.25, -0.2) is 0 Å². The van der Waals surface area contributed by atoms with Gasteiger partial charge in [0.05, 0.1) is 6.26 Å². The van der Waals surface area contributed by atoms with Crippen LogP contribution in [0.4, 0.5) is 0 Å². The summed E-state index contributed by atoms with van der Waals surface area (Å²) in [5.74, 6) is 0.997. The van der Waals surface area contributed by atoms with E-state index in [2.05, 4.69) is 5.32 Å². The fourth-order valence-electron chi connectivity index (χ4n) is 1.42. The van der Waals surface area contributed by atoms with Crippen LogP contribution in [0.15, 0.2) is 22.8 Å². The first-order chi connectivity index (χ1) is 7.86. The van der Waals surface area contributed by atoms with Gasteiger partial charge in [-0.05, 0) is 26.0 Å². The van der Waals surface area contributed by atoms with Crippen molar-refractivity contribution in [1.82, 2.24) is 5.32 Å². The lowest BCUT2D eigenvalue weighted by molar-refractivity contribution is -0.132. The lowest BCUT2D eigenvalue weighted by atomic mass is 10.3. The molecule has 92 valence electrons. The Morgan fingerprint density at radius 1 is 1.31 bits per heavy atom. The second-order valence-corrected chi connectivity index (χ2v) is 3.37. The van der Waals surface area contributed by atoms with Crippen LogP contribution in [0.25, 0.3) is 0 Å². The molecule has 1 aromatic rings. The van der Waals surface area contributed by atoms with Crippen LogP contribution in [0.1, 0.15) is 19.6 Å². The van der Waals surface area contributed by atoms with Crippen molar-refractivity contribution < 1.29 is 13.9 Å². The molecule has 0 radical (unpaired) electrons.